The molecule has 1 fully saturated rings. The number of rotatable bonds is 6. The lowest BCUT2D eigenvalue weighted by atomic mass is 9.70. The number of hydrogen-bond donors (Lipinski definition) is 2. The van der Waals surface area contributed by atoms with E-state index in [4.69, 9.17) is 9.84 Å². The van der Waals surface area contributed by atoms with Crippen LogP contribution in [0, 0.1) is 11.8 Å². The summed E-state index contributed by atoms with van der Waals surface area (Å²) in [5.41, 5.74) is 0.495. The molecule has 2 N–H and O–H groups in total. The Balaban J connectivity index is 1.80. The van der Waals surface area contributed by atoms with E-state index >= 15 is 0 Å². The minimum absolute atomic E-state index is 0.0528. The molecule has 1 saturated carbocycles. The Bertz CT molecular complexity index is 470. The van der Waals surface area contributed by atoms with E-state index in [2.05, 4.69) is 0 Å². The van der Waals surface area contributed by atoms with Gasteiger partial charge in [0.25, 0.3) is 0 Å². The summed E-state index contributed by atoms with van der Waals surface area (Å²) in [6.07, 6.45) is 0.515. The third kappa shape index (κ3) is 3.57. The van der Waals surface area contributed by atoms with E-state index < -0.39 is 12.1 Å². The number of hydrogen-bond acceptors (Lipinski definition) is 4. The van der Waals surface area contributed by atoms with Gasteiger partial charge < -0.3 is 14.9 Å². The molecule has 0 bridgehead atoms. The Kier molecular flexibility index (Phi) is 4.74. The van der Waals surface area contributed by atoms with Crippen LogP contribution < -0.4 is 0 Å². The average Bonchev–Trinajstić information content (AvgIpc) is 2.37. The Morgan fingerprint density at radius 2 is 1.95 bits per heavy atom. The van der Waals surface area contributed by atoms with Crippen molar-refractivity contribution in [1.82, 2.24) is 0 Å². The molecule has 0 spiro atoms. The average molecular weight is 278 g/mol. The molecule has 108 valence electrons. The fraction of sp³-hybridized carbons (Fsp3) is 0.467. The molecule has 0 amide bonds. The normalized spacial score (nSPS) is 22.6. The zero-order valence-electron chi connectivity index (χ0n) is 11.1. The first kappa shape index (κ1) is 14.5. The van der Waals surface area contributed by atoms with Gasteiger partial charge in [-0.3, -0.25) is 4.79 Å². The second kappa shape index (κ2) is 6.52. The molecule has 0 unspecified atom stereocenters. The van der Waals surface area contributed by atoms with Crippen molar-refractivity contribution in [3.05, 3.63) is 35.9 Å². The minimum atomic E-state index is -1.01. The summed E-state index contributed by atoms with van der Waals surface area (Å²) in [5, 5.41) is 18.4. The molecular weight excluding hydrogens is 260 g/mol. The molecule has 1 aromatic rings. The van der Waals surface area contributed by atoms with Crippen LogP contribution in [0.5, 0.6) is 0 Å². The molecule has 3 atom stereocenters. The predicted molar refractivity (Wildman–Crippen MR) is 71.2 cm³/mol. The van der Waals surface area contributed by atoms with E-state index in [1.807, 2.05) is 6.07 Å². The van der Waals surface area contributed by atoms with Gasteiger partial charge in [-0.25, -0.2) is 4.79 Å². The number of aliphatic hydroxyl groups is 1. The fourth-order valence-electron chi connectivity index (χ4n) is 2.48. The highest BCUT2D eigenvalue weighted by atomic mass is 16.5. The van der Waals surface area contributed by atoms with Gasteiger partial charge in [0.1, 0.15) is 0 Å². The van der Waals surface area contributed by atoms with Crippen LogP contribution in [-0.4, -0.2) is 34.9 Å². The van der Waals surface area contributed by atoms with Crippen LogP contribution in [0.4, 0.5) is 0 Å². The van der Waals surface area contributed by atoms with Crippen LogP contribution in [-0.2, 0) is 9.53 Å². The maximum atomic E-state index is 11.8. The number of carbonyl (C=O) groups is 2. The van der Waals surface area contributed by atoms with Crippen molar-refractivity contribution in [3.8, 4) is 0 Å². The molecule has 0 heterocycles. The van der Waals surface area contributed by atoms with Crippen molar-refractivity contribution in [3.63, 3.8) is 0 Å². The second-order valence-corrected chi connectivity index (χ2v) is 5.13. The van der Waals surface area contributed by atoms with Gasteiger partial charge in [0.15, 0.2) is 0 Å². The monoisotopic (exact) mass is 278 g/mol. The number of esters is 1. The SMILES string of the molecule is O=C(O)C[C@@H](O)[C@@H]1CC[C@H]1COC(=O)c1ccccc1. The van der Waals surface area contributed by atoms with Crippen molar-refractivity contribution in [2.45, 2.75) is 25.4 Å². The lowest BCUT2D eigenvalue weighted by molar-refractivity contribution is -0.141. The van der Waals surface area contributed by atoms with Crippen molar-refractivity contribution >= 4 is 11.9 Å². The summed E-state index contributed by atoms with van der Waals surface area (Å²) < 4.78 is 5.22. The summed E-state index contributed by atoms with van der Waals surface area (Å²) in [6, 6.07) is 8.71. The lowest BCUT2D eigenvalue weighted by Gasteiger charge is -2.38. The number of carbonyl (C=O) groups excluding carboxylic acids is 1. The van der Waals surface area contributed by atoms with E-state index in [1.54, 1.807) is 24.3 Å². The standard InChI is InChI=1S/C15H18O5/c16-13(8-14(17)18)12-7-6-11(12)9-20-15(19)10-4-2-1-3-5-10/h1-5,11-13,16H,6-9H2,(H,17,18)/t11-,12+,13+/m0/s1. The van der Waals surface area contributed by atoms with E-state index in [1.165, 1.54) is 0 Å². The second-order valence-electron chi connectivity index (χ2n) is 5.13. The molecule has 1 aromatic carbocycles. The van der Waals surface area contributed by atoms with E-state index in [0.29, 0.717) is 5.56 Å². The van der Waals surface area contributed by atoms with Crippen LogP contribution in [0.3, 0.4) is 0 Å². The maximum Gasteiger partial charge on any atom is 0.338 e. The summed E-state index contributed by atoms with van der Waals surface area (Å²) in [4.78, 5) is 22.3. The fourth-order valence-corrected chi connectivity index (χ4v) is 2.48. The molecule has 1 aliphatic carbocycles. The highest BCUT2D eigenvalue weighted by Gasteiger charge is 2.37. The van der Waals surface area contributed by atoms with Crippen LogP contribution in [0.15, 0.2) is 30.3 Å². The first-order valence-electron chi connectivity index (χ1n) is 6.70. The molecule has 0 aliphatic heterocycles. The molecular formula is C15H18O5. The van der Waals surface area contributed by atoms with E-state index in [9.17, 15) is 14.7 Å². The summed E-state index contributed by atoms with van der Waals surface area (Å²) in [6.45, 7) is 0.231. The van der Waals surface area contributed by atoms with Crippen LogP contribution in [0.1, 0.15) is 29.6 Å². The molecule has 20 heavy (non-hydrogen) atoms. The molecule has 0 saturated heterocycles. The van der Waals surface area contributed by atoms with Gasteiger partial charge in [-0.1, -0.05) is 18.2 Å². The largest absolute Gasteiger partial charge is 0.481 e. The Morgan fingerprint density at radius 1 is 1.25 bits per heavy atom. The molecule has 1 aliphatic rings. The van der Waals surface area contributed by atoms with E-state index in [-0.39, 0.29) is 30.8 Å². The molecule has 0 radical (unpaired) electrons. The van der Waals surface area contributed by atoms with Crippen LogP contribution >= 0.6 is 0 Å². The molecule has 2 rings (SSSR count). The van der Waals surface area contributed by atoms with Gasteiger partial charge in [-0.05, 0) is 36.8 Å². The number of benzene rings is 1. The maximum absolute atomic E-state index is 11.8. The predicted octanol–water partition coefficient (Wildman–Crippen LogP) is 1.71. The number of ether oxygens (including phenoxy) is 1. The first-order valence-corrected chi connectivity index (χ1v) is 6.70. The minimum Gasteiger partial charge on any atom is -0.481 e. The zero-order valence-corrected chi connectivity index (χ0v) is 11.1. The van der Waals surface area contributed by atoms with Crippen LogP contribution in [0.25, 0.3) is 0 Å². The lowest BCUT2D eigenvalue weighted by Crippen LogP contribution is -2.40. The zero-order chi connectivity index (χ0) is 14.5. The van der Waals surface area contributed by atoms with Crippen molar-refractivity contribution < 1.29 is 24.5 Å². The van der Waals surface area contributed by atoms with Gasteiger partial charge in [0.2, 0.25) is 0 Å². The van der Waals surface area contributed by atoms with Gasteiger partial charge in [-0.15, -0.1) is 0 Å². The van der Waals surface area contributed by atoms with Crippen molar-refractivity contribution in [1.29, 1.82) is 0 Å². The van der Waals surface area contributed by atoms with Gasteiger partial charge in [0.05, 0.1) is 24.7 Å². The quantitative estimate of drug-likeness (QED) is 0.774. The van der Waals surface area contributed by atoms with Crippen LogP contribution in [0.2, 0.25) is 0 Å². The highest BCUT2D eigenvalue weighted by Crippen LogP contribution is 2.38. The summed E-state index contributed by atoms with van der Waals surface area (Å²) >= 11 is 0. The van der Waals surface area contributed by atoms with Gasteiger partial charge >= 0.3 is 11.9 Å². The molecule has 5 heteroatoms. The summed E-state index contributed by atoms with van der Waals surface area (Å²) in [7, 11) is 0. The Morgan fingerprint density at radius 3 is 2.50 bits per heavy atom. The molecule has 5 nitrogen and oxygen atoms in total. The highest BCUT2D eigenvalue weighted by molar-refractivity contribution is 5.89. The van der Waals surface area contributed by atoms with Crippen molar-refractivity contribution in [2.24, 2.45) is 11.8 Å². The Hall–Kier alpha value is -1.88. The molecule has 0 aromatic heterocycles. The smallest absolute Gasteiger partial charge is 0.338 e. The Labute approximate surface area is 117 Å². The topological polar surface area (TPSA) is 83.8 Å². The van der Waals surface area contributed by atoms with Gasteiger partial charge in [0, 0.05) is 0 Å². The van der Waals surface area contributed by atoms with Gasteiger partial charge in [-0.2, -0.15) is 0 Å². The number of aliphatic carboxylic acids is 1. The third-order valence-electron chi connectivity index (χ3n) is 3.79. The number of carboxylic acids is 1. The third-order valence-corrected chi connectivity index (χ3v) is 3.79. The number of aliphatic hydroxyl groups excluding tert-OH is 1. The summed E-state index contributed by atoms with van der Waals surface area (Å²) in [5.74, 6) is -1.43. The number of carboxylic acid groups (broad SMARTS) is 1. The first-order chi connectivity index (χ1) is 9.58. The van der Waals surface area contributed by atoms with Crippen molar-refractivity contribution in [2.75, 3.05) is 6.61 Å². The van der Waals surface area contributed by atoms with E-state index in [0.717, 1.165) is 12.8 Å².